The average molecular weight is 325 g/mol. The van der Waals surface area contributed by atoms with Crippen LogP contribution >= 0.6 is 11.6 Å². The van der Waals surface area contributed by atoms with Crippen LogP contribution in [0.1, 0.15) is 31.0 Å². The molecule has 0 saturated heterocycles. The van der Waals surface area contributed by atoms with Crippen molar-refractivity contribution in [1.82, 2.24) is 19.8 Å². The van der Waals surface area contributed by atoms with Gasteiger partial charge in [0, 0.05) is 10.9 Å². The second kappa shape index (κ2) is 5.10. The molecular formula is C18H17ClN4. The first kappa shape index (κ1) is 14.3. The van der Waals surface area contributed by atoms with Crippen LogP contribution in [0.25, 0.3) is 27.7 Å². The highest BCUT2D eigenvalue weighted by Gasteiger charge is 2.14. The van der Waals surface area contributed by atoms with Crippen molar-refractivity contribution in [2.24, 2.45) is 0 Å². The third-order valence-corrected chi connectivity index (χ3v) is 4.51. The minimum atomic E-state index is 0.392. The van der Waals surface area contributed by atoms with E-state index in [9.17, 15) is 0 Å². The second-order valence-electron chi connectivity index (χ2n) is 6.22. The summed E-state index contributed by atoms with van der Waals surface area (Å²) in [6.45, 7) is 6.41. The molecule has 23 heavy (non-hydrogen) atoms. The predicted octanol–water partition coefficient (Wildman–Crippen LogP) is 4.96. The molecule has 0 unspecified atom stereocenters. The highest BCUT2D eigenvalue weighted by atomic mass is 35.5. The summed E-state index contributed by atoms with van der Waals surface area (Å²) in [7, 11) is 0. The number of benzene rings is 1. The SMILES string of the molecule is Cc1ccc2cc(C(C)C)nn2c1-c1cc(Cl)c2[nH]ncc2c1. The van der Waals surface area contributed by atoms with E-state index >= 15 is 0 Å². The highest BCUT2D eigenvalue weighted by Crippen LogP contribution is 2.32. The molecule has 1 N–H and O–H groups in total. The van der Waals surface area contributed by atoms with Crippen molar-refractivity contribution in [3.8, 4) is 11.3 Å². The molecule has 0 bridgehead atoms. The third-order valence-electron chi connectivity index (χ3n) is 4.21. The fourth-order valence-electron chi connectivity index (χ4n) is 2.95. The summed E-state index contributed by atoms with van der Waals surface area (Å²) >= 11 is 6.41. The maximum Gasteiger partial charge on any atom is 0.0836 e. The fourth-order valence-corrected chi connectivity index (χ4v) is 3.22. The summed E-state index contributed by atoms with van der Waals surface area (Å²) in [6, 6.07) is 10.5. The molecule has 4 nitrogen and oxygen atoms in total. The second-order valence-corrected chi connectivity index (χ2v) is 6.63. The van der Waals surface area contributed by atoms with Gasteiger partial charge in [0.1, 0.15) is 0 Å². The molecule has 4 aromatic rings. The van der Waals surface area contributed by atoms with Crippen LogP contribution in [-0.2, 0) is 0 Å². The van der Waals surface area contributed by atoms with Gasteiger partial charge < -0.3 is 0 Å². The molecule has 3 aromatic heterocycles. The molecule has 0 fully saturated rings. The van der Waals surface area contributed by atoms with Crippen LogP contribution in [0, 0.1) is 6.92 Å². The normalized spacial score (nSPS) is 11.9. The number of aromatic amines is 1. The quantitative estimate of drug-likeness (QED) is 0.566. The molecule has 0 aliphatic carbocycles. The topological polar surface area (TPSA) is 46.0 Å². The minimum absolute atomic E-state index is 0.392. The van der Waals surface area contributed by atoms with Gasteiger partial charge in [-0.1, -0.05) is 31.5 Å². The number of nitrogens with zero attached hydrogens (tertiary/aromatic N) is 3. The van der Waals surface area contributed by atoms with Gasteiger partial charge in [-0.2, -0.15) is 10.2 Å². The predicted molar refractivity (Wildman–Crippen MR) is 94.1 cm³/mol. The molecule has 0 radical (unpaired) electrons. The van der Waals surface area contributed by atoms with Gasteiger partial charge in [0.2, 0.25) is 0 Å². The van der Waals surface area contributed by atoms with Gasteiger partial charge in [-0.25, -0.2) is 4.52 Å². The molecule has 0 saturated carbocycles. The van der Waals surface area contributed by atoms with Crippen LogP contribution in [0.2, 0.25) is 5.02 Å². The lowest BCUT2D eigenvalue weighted by Crippen LogP contribution is -1.98. The van der Waals surface area contributed by atoms with Crippen LogP contribution in [0.15, 0.2) is 36.5 Å². The number of pyridine rings is 1. The van der Waals surface area contributed by atoms with E-state index in [1.54, 1.807) is 6.20 Å². The van der Waals surface area contributed by atoms with E-state index in [0.29, 0.717) is 10.9 Å². The van der Waals surface area contributed by atoms with Crippen molar-refractivity contribution in [2.45, 2.75) is 26.7 Å². The number of aromatic nitrogens is 4. The Labute approximate surface area is 139 Å². The number of aryl methyl sites for hydroxylation is 1. The first-order valence-electron chi connectivity index (χ1n) is 7.67. The average Bonchev–Trinajstić information content (AvgIpc) is 3.13. The van der Waals surface area contributed by atoms with Crippen LogP contribution < -0.4 is 0 Å². The Balaban J connectivity index is 2.04. The van der Waals surface area contributed by atoms with E-state index in [1.165, 1.54) is 0 Å². The van der Waals surface area contributed by atoms with Gasteiger partial charge in [0.25, 0.3) is 0 Å². The van der Waals surface area contributed by atoms with Gasteiger partial charge >= 0.3 is 0 Å². The Morgan fingerprint density at radius 2 is 2.00 bits per heavy atom. The van der Waals surface area contributed by atoms with Crippen molar-refractivity contribution < 1.29 is 0 Å². The van der Waals surface area contributed by atoms with Gasteiger partial charge in [0.15, 0.2) is 0 Å². The van der Waals surface area contributed by atoms with E-state index in [2.05, 4.69) is 55.2 Å². The molecule has 0 aliphatic heterocycles. The first-order valence-corrected chi connectivity index (χ1v) is 8.04. The third kappa shape index (κ3) is 2.21. The van der Waals surface area contributed by atoms with E-state index in [-0.39, 0.29) is 0 Å². The number of nitrogens with one attached hydrogen (secondary N) is 1. The molecule has 3 heterocycles. The molecule has 0 aliphatic rings. The van der Waals surface area contributed by atoms with E-state index < -0.39 is 0 Å². The Morgan fingerprint density at radius 1 is 1.17 bits per heavy atom. The maximum absolute atomic E-state index is 6.41. The van der Waals surface area contributed by atoms with Gasteiger partial charge in [-0.3, -0.25) is 5.10 Å². The lowest BCUT2D eigenvalue weighted by Gasteiger charge is -2.10. The van der Waals surface area contributed by atoms with Crippen LogP contribution in [0.5, 0.6) is 0 Å². The Bertz CT molecular complexity index is 1030. The zero-order valence-electron chi connectivity index (χ0n) is 13.3. The summed E-state index contributed by atoms with van der Waals surface area (Å²) < 4.78 is 2.02. The number of rotatable bonds is 2. The summed E-state index contributed by atoms with van der Waals surface area (Å²) in [5.41, 5.74) is 6.33. The van der Waals surface area contributed by atoms with E-state index in [4.69, 9.17) is 16.7 Å². The Kier molecular flexibility index (Phi) is 3.16. The molecule has 4 rings (SSSR count). The molecule has 0 spiro atoms. The molecular weight excluding hydrogens is 308 g/mol. The van der Waals surface area contributed by atoms with Crippen molar-refractivity contribution >= 4 is 28.0 Å². The van der Waals surface area contributed by atoms with Crippen molar-refractivity contribution in [1.29, 1.82) is 0 Å². The van der Waals surface area contributed by atoms with Crippen molar-refractivity contribution in [2.75, 3.05) is 0 Å². The molecule has 0 amide bonds. The molecule has 1 aromatic carbocycles. The number of H-pyrrole nitrogens is 1. The van der Waals surface area contributed by atoms with Crippen LogP contribution in [-0.4, -0.2) is 19.8 Å². The number of halogens is 1. The zero-order chi connectivity index (χ0) is 16.1. The van der Waals surface area contributed by atoms with Crippen LogP contribution in [0.4, 0.5) is 0 Å². The standard InChI is InChI=1S/C18H17ClN4/c1-10(2)16-8-14-5-4-11(3)18(23(14)22-16)12-6-13-9-20-21-17(13)15(19)7-12/h4-10H,1-3H3,(H,20,21). The van der Waals surface area contributed by atoms with Crippen molar-refractivity contribution in [3.05, 3.63) is 52.8 Å². The van der Waals surface area contributed by atoms with E-state index in [0.717, 1.165) is 38.9 Å². The van der Waals surface area contributed by atoms with Crippen molar-refractivity contribution in [3.63, 3.8) is 0 Å². The van der Waals surface area contributed by atoms with Gasteiger partial charge in [-0.05, 0) is 42.7 Å². The number of hydrogen-bond donors (Lipinski definition) is 1. The lowest BCUT2D eigenvalue weighted by molar-refractivity contribution is 0.789. The maximum atomic E-state index is 6.41. The number of hydrogen-bond acceptors (Lipinski definition) is 2. The summed E-state index contributed by atoms with van der Waals surface area (Å²) in [5.74, 6) is 0.392. The lowest BCUT2D eigenvalue weighted by atomic mass is 10.0. The van der Waals surface area contributed by atoms with Crippen LogP contribution in [0.3, 0.4) is 0 Å². The molecule has 0 atom stereocenters. The molecule has 116 valence electrons. The zero-order valence-corrected chi connectivity index (χ0v) is 14.0. The summed E-state index contributed by atoms with van der Waals surface area (Å²) in [6.07, 6.45) is 1.79. The monoisotopic (exact) mass is 324 g/mol. The van der Waals surface area contributed by atoms with Gasteiger partial charge in [-0.15, -0.1) is 0 Å². The van der Waals surface area contributed by atoms with E-state index in [1.807, 2.05) is 10.6 Å². The smallest absolute Gasteiger partial charge is 0.0836 e. The summed E-state index contributed by atoms with van der Waals surface area (Å²) in [5, 5.41) is 13.5. The summed E-state index contributed by atoms with van der Waals surface area (Å²) in [4.78, 5) is 0. The fraction of sp³-hybridized carbons (Fsp3) is 0.222. The largest absolute Gasteiger partial charge is 0.276 e. The Hall–Kier alpha value is -2.33. The first-order chi connectivity index (χ1) is 11.0. The highest BCUT2D eigenvalue weighted by molar-refractivity contribution is 6.35. The molecule has 5 heteroatoms. The minimum Gasteiger partial charge on any atom is -0.276 e. The Morgan fingerprint density at radius 3 is 2.78 bits per heavy atom. The van der Waals surface area contributed by atoms with Gasteiger partial charge in [0.05, 0.1) is 33.6 Å². The number of fused-ring (bicyclic) bond motifs is 2.